The Labute approximate surface area is 299 Å². The van der Waals surface area contributed by atoms with Crippen LogP contribution in [0.15, 0.2) is 180 Å². The first-order valence-corrected chi connectivity index (χ1v) is 15.5. The van der Waals surface area contributed by atoms with Gasteiger partial charge >= 0.3 is 0 Å². The molecule has 0 radical (unpaired) electrons. The lowest BCUT2D eigenvalue weighted by molar-refractivity contribution is 0.669. The Morgan fingerprint density at radius 3 is 1.39 bits per heavy atom. The number of hydrogen-bond donors (Lipinski definition) is 0. The van der Waals surface area contributed by atoms with E-state index in [-0.39, 0.29) is 45.0 Å². The molecule has 49 heavy (non-hydrogen) atoms. The fraction of sp³-hybridized carbons (Fsp3) is 0. The molecule has 0 aliphatic rings. The zero-order valence-corrected chi connectivity index (χ0v) is 25.6. The van der Waals surface area contributed by atoms with Crippen LogP contribution >= 0.6 is 0 Å². The van der Waals surface area contributed by atoms with Crippen molar-refractivity contribution in [3.05, 3.63) is 176 Å². The molecule has 4 nitrogen and oxygen atoms in total. The maximum absolute atomic E-state index is 9.20. The van der Waals surface area contributed by atoms with Gasteiger partial charge in [-0.3, -0.25) is 0 Å². The van der Waals surface area contributed by atoms with Crippen molar-refractivity contribution in [3.63, 3.8) is 0 Å². The number of para-hydroxylation sites is 1. The molecule has 0 unspecified atom stereocenters. The van der Waals surface area contributed by atoms with Crippen LogP contribution in [0.3, 0.4) is 0 Å². The third-order valence-corrected chi connectivity index (χ3v) is 8.12. The van der Waals surface area contributed by atoms with Crippen LogP contribution in [0.25, 0.3) is 89.5 Å². The van der Waals surface area contributed by atoms with Crippen molar-refractivity contribution in [3.8, 4) is 67.5 Å². The van der Waals surface area contributed by atoms with Gasteiger partial charge in [0.05, 0.1) is 15.1 Å². The molecule has 0 saturated carbocycles. The Balaban J connectivity index is 1.18. The molecule has 0 amide bonds. The third-order valence-electron chi connectivity index (χ3n) is 8.12. The molecular formula is C45H29N3O. The fourth-order valence-corrected chi connectivity index (χ4v) is 5.61. The van der Waals surface area contributed by atoms with Crippen LogP contribution in [-0.2, 0) is 0 Å². The van der Waals surface area contributed by atoms with E-state index >= 15 is 0 Å². The van der Waals surface area contributed by atoms with E-state index in [0.717, 1.165) is 22.3 Å². The lowest BCUT2D eigenvalue weighted by atomic mass is 9.99. The Bertz CT molecular complexity index is 3170. The maximum Gasteiger partial charge on any atom is 0.164 e. The van der Waals surface area contributed by atoms with Crippen molar-refractivity contribution in [2.75, 3.05) is 0 Å². The highest BCUT2D eigenvalue weighted by Crippen LogP contribution is 2.34. The summed E-state index contributed by atoms with van der Waals surface area (Å²) in [7, 11) is 0. The molecule has 2 heterocycles. The van der Waals surface area contributed by atoms with Gasteiger partial charge in [0.15, 0.2) is 17.5 Å². The van der Waals surface area contributed by atoms with E-state index in [1.165, 1.54) is 0 Å². The second-order valence-corrected chi connectivity index (χ2v) is 11.2. The summed E-state index contributed by atoms with van der Waals surface area (Å²) in [5.74, 6) is 0.293. The van der Waals surface area contributed by atoms with E-state index in [9.17, 15) is 4.11 Å². The molecule has 0 spiro atoms. The zero-order valence-electron chi connectivity index (χ0n) is 36.6. The van der Waals surface area contributed by atoms with Gasteiger partial charge in [-0.15, -0.1) is 0 Å². The largest absolute Gasteiger partial charge is 0.456 e. The molecule has 230 valence electrons. The molecule has 0 atom stereocenters. The summed E-state index contributed by atoms with van der Waals surface area (Å²) >= 11 is 0. The maximum atomic E-state index is 9.20. The van der Waals surface area contributed by atoms with Crippen LogP contribution < -0.4 is 0 Å². The predicted octanol–water partition coefficient (Wildman–Crippen LogP) is 11.8. The van der Waals surface area contributed by atoms with Crippen LogP contribution in [0.5, 0.6) is 0 Å². The SMILES string of the molecule is [2H]c1c([2H])c(-c2c([2H])c([2H])c3oc4c([2H])c([2H])c([2H])c([2H])c4c3c2[2H])c([2H])c([2H])c1-c1nc(-c2ccccc2)nc(-c2ccc(-c3ccc(-c4ccccc4)cc3)cc2)n1. The Hall–Kier alpha value is -6.65. The fourth-order valence-electron chi connectivity index (χ4n) is 5.61. The van der Waals surface area contributed by atoms with Crippen molar-refractivity contribution in [1.29, 1.82) is 0 Å². The number of aromatic nitrogens is 3. The molecule has 2 aromatic heterocycles. The Morgan fingerprint density at radius 1 is 0.347 bits per heavy atom. The van der Waals surface area contributed by atoms with Crippen molar-refractivity contribution < 1.29 is 19.5 Å². The minimum absolute atomic E-state index is 0.145. The number of benzene rings is 7. The monoisotopic (exact) mass is 638 g/mol. The van der Waals surface area contributed by atoms with Gasteiger partial charge in [0.1, 0.15) is 11.2 Å². The summed E-state index contributed by atoms with van der Waals surface area (Å²) in [4.78, 5) is 14.1. The highest BCUT2D eigenvalue weighted by Gasteiger charge is 2.14. The number of hydrogen-bond acceptors (Lipinski definition) is 4. The second kappa shape index (κ2) is 12.2. The normalized spacial score (nSPS) is 14.4. The summed E-state index contributed by atoms with van der Waals surface area (Å²) in [5, 5.41) is -0.401. The van der Waals surface area contributed by atoms with Crippen molar-refractivity contribution in [2.45, 2.75) is 0 Å². The third kappa shape index (κ3) is 5.56. The van der Waals surface area contributed by atoms with Gasteiger partial charge in [0.25, 0.3) is 0 Å². The van der Waals surface area contributed by atoms with Gasteiger partial charge < -0.3 is 4.42 Å². The average Bonchev–Trinajstić information content (AvgIpc) is 3.70. The molecule has 7 aromatic carbocycles. The summed E-state index contributed by atoms with van der Waals surface area (Å²) in [6.07, 6.45) is 0. The van der Waals surface area contributed by atoms with E-state index in [1.54, 1.807) is 12.1 Å². The second-order valence-electron chi connectivity index (χ2n) is 11.2. The number of furan rings is 1. The summed E-state index contributed by atoms with van der Waals surface area (Å²) in [6, 6.07) is 28.5. The molecule has 0 aliphatic heterocycles. The van der Waals surface area contributed by atoms with Gasteiger partial charge in [-0.1, -0.05) is 158 Å². The van der Waals surface area contributed by atoms with E-state index in [4.69, 9.17) is 20.4 Å². The topological polar surface area (TPSA) is 51.8 Å². The van der Waals surface area contributed by atoms with Crippen LogP contribution in [-0.4, -0.2) is 15.0 Å². The lowest BCUT2D eigenvalue weighted by Crippen LogP contribution is -2.00. The quantitative estimate of drug-likeness (QED) is 0.182. The van der Waals surface area contributed by atoms with Crippen molar-refractivity contribution >= 4 is 21.9 Å². The predicted molar refractivity (Wildman–Crippen MR) is 200 cm³/mol. The van der Waals surface area contributed by atoms with Crippen LogP contribution in [0.2, 0.25) is 0 Å². The molecular weight excluding hydrogens is 599 g/mol. The highest BCUT2D eigenvalue weighted by molar-refractivity contribution is 6.06. The molecule has 9 rings (SSSR count). The Kier molecular flexibility index (Phi) is 4.78. The van der Waals surface area contributed by atoms with E-state index in [0.29, 0.717) is 11.1 Å². The average molecular weight is 639 g/mol. The number of fused-ring (bicyclic) bond motifs is 3. The Morgan fingerprint density at radius 2 is 0.776 bits per heavy atom. The van der Waals surface area contributed by atoms with Gasteiger partial charge in [-0.05, 0) is 51.5 Å². The van der Waals surface area contributed by atoms with E-state index in [2.05, 4.69) is 34.2 Å². The first-order valence-electron chi connectivity index (χ1n) is 21.0. The molecule has 0 N–H and O–H groups in total. The van der Waals surface area contributed by atoms with Gasteiger partial charge in [-0.25, -0.2) is 15.0 Å². The summed E-state index contributed by atoms with van der Waals surface area (Å²) in [6.45, 7) is 0. The van der Waals surface area contributed by atoms with E-state index in [1.807, 2.05) is 72.8 Å². The molecule has 0 fully saturated rings. The van der Waals surface area contributed by atoms with Gasteiger partial charge in [0.2, 0.25) is 0 Å². The summed E-state index contributed by atoms with van der Waals surface area (Å²) < 4.78 is 102. The zero-order chi connectivity index (χ0) is 42.1. The van der Waals surface area contributed by atoms with Gasteiger partial charge in [-0.2, -0.15) is 0 Å². The minimum atomic E-state index is -0.639. The smallest absolute Gasteiger partial charge is 0.164 e. The van der Waals surface area contributed by atoms with Crippen LogP contribution in [0.4, 0.5) is 0 Å². The van der Waals surface area contributed by atoms with Crippen molar-refractivity contribution in [2.24, 2.45) is 0 Å². The molecule has 0 aliphatic carbocycles. The van der Waals surface area contributed by atoms with Gasteiger partial charge in [0, 0.05) is 27.5 Å². The number of rotatable bonds is 6. The summed E-state index contributed by atoms with van der Waals surface area (Å²) in [5.41, 5.74) is 3.61. The molecule has 9 aromatic rings. The number of nitrogens with zero attached hydrogens (tertiary/aromatic N) is 3. The molecule has 4 heteroatoms. The molecule has 0 bridgehead atoms. The standard InChI is InChI=1S/C45H29N3O/c1-3-9-30(10-4-1)31-15-17-32(18-16-31)33-19-23-36(24-20-33)44-46-43(35-11-5-2-6-12-35)47-45(48-44)37-25-21-34(22-26-37)38-27-28-42-40(29-38)39-13-7-8-14-41(39)49-42/h1-29H/i7D,8D,13D,14D,21D,22D,25D,26D,27D,28D,29D. The van der Waals surface area contributed by atoms with Crippen LogP contribution in [0, 0.1) is 0 Å². The first-order chi connectivity index (χ1) is 28.8. The van der Waals surface area contributed by atoms with E-state index < -0.39 is 77.6 Å². The minimum Gasteiger partial charge on any atom is -0.456 e. The highest BCUT2D eigenvalue weighted by atomic mass is 16.3. The molecule has 0 saturated heterocycles. The van der Waals surface area contributed by atoms with Crippen molar-refractivity contribution in [1.82, 2.24) is 15.0 Å². The lowest BCUT2D eigenvalue weighted by Gasteiger charge is -2.10. The first kappa shape index (κ1) is 19.2. The van der Waals surface area contributed by atoms with Crippen LogP contribution in [0.1, 0.15) is 15.1 Å².